The van der Waals surface area contributed by atoms with E-state index in [1.165, 1.54) is 0 Å². The highest BCUT2D eigenvalue weighted by Gasteiger charge is 2.53. The van der Waals surface area contributed by atoms with Crippen LogP contribution < -0.4 is 5.32 Å². The summed E-state index contributed by atoms with van der Waals surface area (Å²) in [7, 11) is 0. The average Bonchev–Trinajstić information content (AvgIpc) is 2.97. The number of carbonyl (C=O) groups excluding carboxylic acids is 1. The van der Waals surface area contributed by atoms with Gasteiger partial charge >= 0.3 is 5.97 Å². The molecule has 0 aliphatic carbocycles. The Balaban J connectivity index is 1.88. The summed E-state index contributed by atoms with van der Waals surface area (Å²) in [6.45, 7) is 6.33. The number of ether oxygens (including phenoxy) is 1. The molecule has 1 amide bonds. The molecule has 118 valence electrons. The molecule has 21 heavy (non-hydrogen) atoms. The lowest BCUT2D eigenvalue weighted by atomic mass is 9.82. The second-order valence-electron chi connectivity index (χ2n) is 6.57. The van der Waals surface area contributed by atoms with Crippen molar-refractivity contribution in [2.24, 2.45) is 17.8 Å². The molecule has 2 bridgehead atoms. The smallest absolute Gasteiger partial charge is 0.310 e. The van der Waals surface area contributed by atoms with Crippen LogP contribution in [0.2, 0.25) is 0 Å². The van der Waals surface area contributed by atoms with Gasteiger partial charge in [0.05, 0.1) is 18.1 Å². The van der Waals surface area contributed by atoms with E-state index < -0.39 is 23.9 Å². The van der Waals surface area contributed by atoms with Gasteiger partial charge in [0.15, 0.2) is 0 Å². The Labute approximate surface area is 125 Å². The number of aliphatic carboxylic acids is 1. The second-order valence-corrected chi connectivity index (χ2v) is 6.57. The van der Waals surface area contributed by atoms with E-state index in [0.717, 1.165) is 19.3 Å². The molecular formula is C16H25NO4. The molecule has 5 heteroatoms. The van der Waals surface area contributed by atoms with Crippen LogP contribution in [-0.2, 0) is 14.3 Å². The molecule has 1 saturated heterocycles. The third-order valence-electron chi connectivity index (χ3n) is 4.29. The molecule has 1 fully saturated rings. The number of hydrogen-bond acceptors (Lipinski definition) is 3. The highest BCUT2D eigenvalue weighted by Crippen LogP contribution is 2.39. The summed E-state index contributed by atoms with van der Waals surface area (Å²) >= 11 is 0. The van der Waals surface area contributed by atoms with Gasteiger partial charge in [-0.25, -0.2) is 0 Å². The third-order valence-corrected chi connectivity index (χ3v) is 4.29. The van der Waals surface area contributed by atoms with E-state index in [2.05, 4.69) is 19.2 Å². The molecule has 5 nitrogen and oxygen atoms in total. The molecule has 2 aliphatic heterocycles. The first-order valence-electron chi connectivity index (χ1n) is 7.77. The van der Waals surface area contributed by atoms with E-state index in [1.54, 1.807) is 12.2 Å². The minimum Gasteiger partial charge on any atom is -0.481 e. The first-order chi connectivity index (χ1) is 9.90. The van der Waals surface area contributed by atoms with Gasteiger partial charge in [-0.3, -0.25) is 9.59 Å². The molecule has 2 aliphatic rings. The predicted octanol–water partition coefficient (Wildman–Crippen LogP) is 1.97. The summed E-state index contributed by atoms with van der Waals surface area (Å²) in [5, 5.41) is 12.2. The van der Waals surface area contributed by atoms with Crippen LogP contribution in [-0.4, -0.2) is 35.2 Å². The topological polar surface area (TPSA) is 75.6 Å². The van der Waals surface area contributed by atoms with Gasteiger partial charge < -0.3 is 15.2 Å². The van der Waals surface area contributed by atoms with E-state index in [-0.39, 0.29) is 18.1 Å². The molecule has 2 rings (SSSR count). The van der Waals surface area contributed by atoms with Gasteiger partial charge in [-0.05, 0) is 19.3 Å². The van der Waals surface area contributed by atoms with Crippen LogP contribution in [0.1, 0.15) is 40.0 Å². The summed E-state index contributed by atoms with van der Waals surface area (Å²) in [4.78, 5) is 23.7. The number of carboxylic acids is 1. The number of fused-ring (bicyclic) bond motifs is 2. The van der Waals surface area contributed by atoms with Gasteiger partial charge in [0.1, 0.15) is 5.92 Å². The molecule has 5 atom stereocenters. The Bertz CT molecular complexity index is 432. The van der Waals surface area contributed by atoms with Crippen molar-refractivity contribution < 1.29 is 19.4 Å². The zero-order chi connectivity index (χ0) is 15.6. The highest BCUT2D eigenvalue weighted by atomic mass is 16.5. The first-order valence-corrected chi connectivity index (χ1v) is 7.77. The maximum Gasteiger partial charge on any atom is 0.310 e. The van der Waals surface area contributed by atoms with Crippen LogP contribution in [0, 0.1) is 17.8 Å². The molecule has 2 heterocycles. The van der Waals surface area contributed by atoms with Crippen molar-refractivity contribution in [3.05, 3.63) is 12.2 Å². The Morgan fingerprint density at radius 1 is 1.14 bits per heavy atom. The van der Waals surface area contributed by atoms with Crippen molar-refractivity contribution in [1.82, 2.24) is 5.32 Å². The summed E-state index contributed by atoms with van der Waals surface area (Å²) in [5.41, 5.74) is 0. The molecule has 0 aromatic rings. The fraction of sp³-hybridized carbons (Fsp3) is 0.750. The SMILES string of the molecule is CC(C)CCC[C@H](C)NC(=O)[C@@H]1[C@@H](C(=O)O)[C@H]2C=C[C@H]1O2. The zero-order valence-electron chi connectivity index (χ0n) is 12.9. The summed E-state index contributed by atoms with van der Waals surface area (Å²) in [6.07, 6.45) is 5.82. The molecule has 0 saturated carbocycles. The number of carboxylic acid groups (broad SMARTS) is 1. The van der Waals surface area contributed by atoms with Crippen molar-refractivity contribution in [3.63, 3.8) is 0 Å². The predicted molar refractivity (Wildman–Crippen MR) is 78.7 cm³/mol. The fourth-order valence-corrected chi connectivity index (χ4v) is 3.16. The summed E-state index contributed by atoms with van der Waals surface area (Å²) in [6, 6.07) is 0.0637. The van der Waals surface area contributed by atoms with Crippen LogP contribution in [0.4, 0.5) is 0 Å². The molecular weight excluding hydrogens is 270 g/mol. The minimum absolute atomic E-state index is 0.0637. The molecule has 0 unspecified atom stereocenters. The Hall–Kier alpha value is -1.36. The summed E-state index contributed by atoms with van der Waals surface area (Å²) in [5.74, 6) is -1.86. The molecule has 2 N–H and O–H groups in total. The van der Waals surface area contributed by atoms with Gasteiger partial charge in [-0.2, -0.15) is 0 Å². The van der Waals surface area contributed by atoms with E-state index in [9.17, 15) is 14.7 Å². The van der Waals surface area contributed by atoms with Crippen molar-refractivity contribution in [1.29, 1.82) is 0 Å². The van der Waals surface area contributed by atoms with Crippen molar-refractivity contribution in [2.45, 2.75) is 58.3 Å². The first kappa shape index (κ1) is 16.0. The van der Waals surface area contributed by atoms with E-state index in [0.29, 0.717) is 5.92 Å². The van der Waals surface area contributed by atoms with Crippen LogP contribution in [0.3, 0.4) is 0 Å². The Morgan fingerprint density at radius 2 is 1.76 bits per heavy atom. The lowest BCUT2D eigenvalue weighted by Crippen LogP contribution is -2.45. The average molecular weight is 295 g/mol. The lowest BCUT2D eigenvalue weighted by Gasteiger charge is -2.23. The van der Waals surface area contributed by atoms with E-state index in [4.69, 9.17) is 4.74 Å². The zero-order valence-corrected chi connectivity index (χ0v) is 12.9. The molecule has 0 radical (unpaired) electrons. The monoisotopic (exact) mass is 295 g/mol. The fourth-order valence-electron chi connectivity index (χ4n) is 3.16. The van der Waals surface area contributed by atoms with Gasteiger partial charge in [-0.1, -0.05) is 38.8 Å². The van der Waals surface area contributed by atoms with Crippen LogP contribution in [0.15, 0.2) is 12.2 Å². The number of amides is 1. The minimum atomic E-state index is -0.959. The Kier molecular flexibility index (Phi) is 5.04. The quantitative estimate of drug-likeness (QED) is 0.704. The van der Waals surface area contributed by atoms with Crippen molar-refractivity contribution in [3.8, 4) is 0 Å². The number of hydrogen-bond donors (Lipinski definition) is 2. The normalized spacial score (nSPS) is 31.6. The van der Waals surface area contributed by atoms with Crippen LogP contribution in [0.25, 0.3) is 0 Å². The van der Waals surface area contributed by atoms with Crippen molar-refractivity contribution in [2.75, 3.05) is 0 Å². The largest absolute Gasteiger partial charge is 0.481 e. The maximum atomic E-state index is 12.4. The van der Waals surface area contributed by atoms with Gasteiger partial charge in [0.2, 0.25) is 5.91 Å². The standard InChI is InChI=1S/C16H25NO4/c1-9(2)5-4-6-10(3)17-15(18)13-11-7-8-12(21-11)14(13)16(19)20/h7-14H,4-6H2,1-3H3,(H,17,18)(H,19,20)/t10-,11+,12+,13-,14-/m0/s1. The lowest BCUT2D eigenvalue weighted by molar-refractivity contribution is -0.146. The number of carbonyl (C=O) groups is 2. The van der Waals surface area contributed by atoms with E-state index >= 15 is 0 Å². The van der Waals surface area contributed by atoms with Crippen molar-refractivity contribution >= 4 is 11.9 Å². The number of rotatable bonds is 7. The second kappa shape index (κ2) is 6.60. The number of nitrogens with one attached hydrogen (secondary N) is 1. The van der Waals surface area contributed by atoms with Crippen LogP contribution >= 0.6 is 0 Å². The van der Waals surface area contributed by atoms with Crippen LogP contribution in [0.5, 0.6) is 0 Å². The third kappa shape index (κ3) is 3.64. The maximum absolute atomic E-state index is 12.4. The van der Waals surface area contributed by atoms with Gasteiger partial charge in [0, 0.05) is 6.04 Å². The van der Waals surface area contributed by atoms with E-state index in [1.807, 2.05) is 6.92 Å². The Morgan fingerprint density at radius 3 is 2.33 bits per heavy atom. The molecule has 0 spiro atoms. The van der Waals surface area contributed by atoms with Gasteiger partial charge in [-0.15, -0.1) is 0 Å². The summed E-state index contributed by atoms with van der Waals surface area (Å²) < 4.78 is 5.52. The highest BCUT2D eigenvalue weighted by molar-refractivity contribution is 5.87. The molecule has 0 aromatic carbocycles. The molecule has 0 aromatic heterocycles. The van der Waals surface area contributed by atoms with Gasteiger partial charge in [0.25, 0.3) is 0 Å².